The maximum Gasteiger partial charge on any atom is 0.326 e. The van der Waals surface area contributed by atoms with Crippen LogP contribution in [0.2, 0.25) is 0 Å². The number of carboxylic acid groups (broad SMARTS) is 1. The van der Waals surface area contributed by atoms with Crippen LogP contribution in [-0.2, 0) is 4.79 Å². The van der Waals surface area contributed by atoms with Crippen LogP contribution in [0.15, 0.2) is 40.9 Å². The Morgan fingerprint density at radius 2 is 2.00 bits per heavy atom. The first-order valence-corrected chi connectivity index (χ1v) is 7.23. The van der Waals surface area contributed by atoms with Crippen molar-refractivity contribution in [3.63, 3.8) is 0 Å². The molecule has 0 unspecified atom stereocenters. The Labute approximate surface area is 127 Å². The highest BCUT2D eigenvalue weighted by atomic mass is 16.5. The van der Waals surface area contributed by atoms with Crippen LogP contribution in [-0.4, -0.2) is 39.6 Å². The molecule has 1 amide bonds. The fourth-order valence-corrected chi connectivity index (χ4v) is 2.69. The number of hydrogen-bond donors (Lipinski definition) is 1. The molecule has 1 aromatic carbocycles. The molecule has 6 heteroatoms. The maximum atomic E-state index is 12.5. The van der Waals surface area contributed by atoms with E-state index < -0.39 is 17.9 Å². The topological polar surface area (TPSA) is 83.6 Å². The molecule has 0 spiro atoms. The molecule has 1 aromatic heterocycles. The van der Waals surface area contributed by atoms with E-state index in [0.717, 1.165) is 18.4 Å². The predicted octanol–water partition coefficient (Wildman–Crippen LogP) is 2.42. The Kier molecular flexibility index (Phi) is 3.91. The zero-order valence-corrected chi connectivity index (χ0v) is 11.9. The Balaban J connectivity index is 1.83. The summed E-state index contributed by atoms with van der Waals surface area (Å²) in [7, 11) is 0. The highest BCUT2D eigenvalue weighted by Crippen LogP contribution is 2.23. The number of rotatable bonds is 3. The number of carboxylic acids is 1. The molecule has 0 saturated carbocycles. The van der Waals surface area contributed by atoms with Crippen molar-refractivity contribution in [2.75, 3.05) is 6.54 Å². The molecule has 0 bridgehead atoms. The lowest BCUT2D eigenvalue weighted by molar-refractivity contribution is -0.143. The van der Waals surface area contributed by atoms with E-state index in [1.807, 2.05) is 30.3 Å². The predicted molar refractivity (Wildman–Crippen MR) is 78.3 cm³/mol. The van der Waals surface area contributed by atoms with Gasteiger partial charge in [0.25, 0.3) is 5.91 Å². The van der Waals surface area contributed by atoms with Crippen molar-refractivity contribution in [1.82, 2.24) is 10.1 Å². The van der Waals surface area contributed by atoms with E-state index in [0.29, 0.717) is 18.7 Å². The zero-order chi connectivity index (χ0) is 15.5. The van der Waals surface area contributed by atoms with E-state index in [1.54, 1.807) is 6.07 Å². The van der Waals surface area contributed by atoms with Crippen molar-refractivity contribution in [3.05, 3.63) is 42.2 Å². The SMILES string of the molecule is O=C(O)[C@H]1CCCCN1C(=O)c1cc(-c2ccccc2)no1. The first kappa shape index (κ1) is 14.3. The average Bonchev–Trinajstić information content (AvgIpc) is 3.05. The summed E-state index contributed by atoms with van der Waals surface area (Å²) in [5.74, 6) is -1.32. The second kappa shape index (κ2) is 6.01. The van der Waals surface area contributed by atoms with Gasteiger partial charge in [0.2, 0.25) is 5.76 Å². The number of nitrogens with zero attached hydrogens (tertiary/aromatic N) is 2. The number of carbonyl (C=O) groups is 2. The molecule has 0 aliphatic carbocycles. The lowest BCUT2D eigenvalue weighted by Gasteiger charge is -2.31. The molecule has 1 aliphatic rings. The van der Waals surface area contributed by atoms with Crippen LogP contribution in [0.25, 0.3) is 11.3 Å². The largest absolute Gasteiger partial charge is 0.480 e. The fourth-order valence-electron chi connectivity index (χ4n) is 2.69. The maximum absolute atomic E-state index is 12.5. The van der Waals surface area contributed by atoms with Crippen molar-refractivity contribution >= 4 is 11.9 Å². The summed E-state index contributed by atoms with van der Waals surface area (Å²) in [6.07, 6.45) is 2.09. The minimum atomic E-state index is -0.976. The van der Waals surface area contributed by atoms with Gasteiger partial charge in [0.05, 0.1) is 0 Å². The second-order valence-corrected chi connectivity index (χ2v) is 5.29. The standard InChI is InChI=1S/C16H16N2O4/c19-15(18-9-5-4-8-13(18)16(20)21)14-10-12(17-22-14)11-6-2-1-3-7-11/h1-3,6-7,10,13H,4-5,8-9H2,(H,20,21)/t13-/m1/s1. The van der Waals surface area contributed by atoms with Gasteiger partial charge in [0.15, 0.2) is 0 Å². The van der Waals surface area contributed by atoms with Gasteiger partial charge in [-0.2, -0.15) is 0 Å². The Bertz CT molecular complexity index is 680. The van der Waals surface area contributed by atoms with Gasteiger partial charge in [-0.05, 0) is 19.3 Å². The molecule has 1 atom stereocenters. The Morgan fingerprint density at radius 1 is 1.23 bits per heavy atom. The summed E-state index contributed by atoms with van der Waals surface area (Å²) < 4.78 is 5.13. The van der Waals surface area contributed by atoms with Crippen LogP contribution < -0.4 is 0 Å². The van der Waals surface area contributed by atoms with E-state index in [2.05, 4.69) is 5.16 Å². The molecule has 1 N–H and O–H groups in total. The number of hydrogen-bond acceptors (Lipinski definition) is 4. The highest BCUT2D eigenvalue weighted by molar-refractivity contribution is 5.95. The molecular formula is C16H16N2O4. The number of likely N-dealkylation sites (tertiary alicyclic amines) is 1. The summed E-state index contributed by atoms with van der Waals surface area (Å²) in [6.45, 7) is 0.428. The number of aromatic nitrogens is 1. The third kappa shape index (κ3) is 2.72. The molecule has 2 heterocycles. The zero-order valence-electron chi connectivity index (χ0n) is 11.9. The number of benzene rings is 1. The summed E-state index contributed by atoms with van der Waals surface area (Å²) >= 11 is 0. The highest BCUT2D eigenvalue weighted by Gasteiger charge is 2.34. The van der Waals surface area contributed by atoms with Crippen LogP contribution >= 0.6 is 0 Å². The van der Waals surface area contributed by atoms with Gasteiger partial charge in [-0.1, -0.05) is 35.5 Å². The van der Waals surface area contributed by atoms with Gasteiger partial charge >= 0.3 is 5.97 Å². The lowest BCUT2D eigenvalue weighted by atomic mass is 10.0. The average molecular weight is 300 g/mol. The molecular weight excluding hydrogens is 284 g/mol. The molecule has 22 heavy (non-hydrogen) atoms. The molecule has 3 rings (SSSR count). The molecule has 1 saturated heterocycles. The third-order valence-electron chi connectivity index (χ3n) is 3.84. The second-order valence-electron chi connectivity index (χ2n) is 5.29. The van der Waals surface area contributed by atoms with Crippen molar-refractivity contribution in [2.45, 2.75) is 25.3 Å². The van der Waals surface area contributed by atoms with Crippen molar-refractivity contribution in [1.29, 1.82) is 0 Å². The number of amides is 1. The van der Waals surface area contributed by atoms with E-state index in [9.17, 15) is 14.7 Å². The van der Waals surface area contributed by atoms with Crippen LogP contribution in [0.3, 0.4) is 0 Å². The summed E-state index contributed by atoms with van der Waals surface area (Å²) in [4.78, 5) is 25.1. The molecule has 6 nitrogen and oxygen atoms in total. The van der Waals surface area contributed by atoms with Crippen LogP contribution in [0.4, 0.5) is 0 Å². The molecule has 114 valence electrons. The van der Waals surface area contributed by atoms with Crippen molar-refractivity contribution in [2.24, 2.45) is 0 Å². The minimum Gasteiger partial charge on any atom is -0.480 e. The number of piperidine rings is 1. The fraction of sp³-hybridized carbons (Fsp3) is 0.312. The minimum absolute atomic E-state index is 0.0759. The summed E-state index contributed by atoms with van der Waals surface area (Å²) in [6, 6.07) is 10.1. The smallest absolute Gasteiger partial charge is 0.326 e. The van der Waals surface area contributed by atoms with Gasteiger partial charge in [0, 0.05) is 18.2 Å². The Hall–Kier alpha value is -2.63. The lowest BCUT2D eigenvalue weighted by Crippen LogP contribution is -2.47. The monoisotopic (exact) mass is 300 g/mol. The van der Waals surface area contributed by atoms with E-state index in [-0.39, 0.29) is 5.76 Å². The van der Waals surface area contributed by atoms with Gasteiger partial charge in [0.1, 0.15) is 11.7 Å². The van der Waals surface area contributed by atoms with E-state index >= 15 is 0 Å². The van der Waals surface area contributed by atoms with Crippen molar-refractivity contribution < 1.29 is 19.2 Å². The number of aliphatic carboxylic acids is 1. The van der Waals surface area contributed by atoms with Crippen LogP contribution in [0, 0.1) is 0 Å². The first-order valence-electron chi connectivity index (χ1n) is 7.23. The summed E-state index contributed by atoms with van der Waals surface area (Å²) in [5, 5.41) is 13.1. The Morgan fingerprint density at radius 3 is 2.73 bits per heavy atom. The molecule has 1 fully saturated rings. The molecule has 1 aliphatic heterocycles. The van der Waals surface area contributed by atoms with Gasteiger partial charge in [-0.25, -0.2) is 4.79 Å². The van der Waals surface area contributed by atoms with Gasteiger partial charge < -0.3 is 14.5 Å². The number of carbonyl (C=O) groups excluding carboxylic acids is 1. The summed E-state index contributed by atoms with van der Waals surface area (Å²) in [5.41, 5.74) is 1.41. The quantitative estimate of drug-likeness (QED) is 0.941. The first-order chi connectivity index (χ1) is 10.7. The van der Waals surface area contributed by atoms with Gasteiger partial charge in [-0.15, -0.1) is 0 Å². The normalized spacial score (nSPS) is 18.2. The van der Waals surface area contributed by atoms with Gasteiger partial charge in [-0.3, -0.25) is 4.79 Å². The third-order valence-corrected chi connectivity index (χ3v) is 3.84. The molecule has 2 aromatic rings. The van der Waals surface area contributed by atoms with E-state index in [4.69, 9.17) is 4.52 Å². The molecule has 0 radical (unpaired) electrons. The van der Waals surface area contributed by atoms with E-state index in [1.165, 1.54) is 4.90 Å². The van der Waals surface area contributed by atoms with Crippen LogP contribution in [0.1, 0.15) is 29.8 Å². The van der Waals surface area contributed by atoms with Crippen LogP contribution in [0.5, 0.6) is 0 Å². The van der Waals surface area contributed by atoms with Crippen molar-refractivity contribution in [3.8, 4) is 11.3 Å².